The summed E-state index contributed by atoms with van der Waals surface area (Å²) < 4.78 is 13.0. The van der Waals surface area contributed by atoms with Crippen LogP contribution in [0, 0.1) is 0 Å². The number of rotatable bonds is 13. The van der Waals surface area contributed by atoms with Crippen molar-refractivity contribution in [3.63, 3.8) is 0 Å². The molecule has 5 aromatic rings. The third kappa shape index (κ3) is 8.79. The molecule has 0 spiro atoms. The molecule has 4 heterocycles. The molecule has 1 aliphatic rings. The van der Waals surface area contributed by atoms with E-state index in [0.29, 0.717) is 41.9 Å². The third-order valence-electron chi connectivity index (χ3n) is 7.87. The molecule has 4 N–H and O–H groups in total. The Morgan fingerprint density at radius 2 is 1.90 bits per heavy atom. The van der Waals surface area contributed by atoms with Crippen LogP contribution < -0.4 is 31.6 Å². The van der Waals surface area contributed by atoms with E-state index < -0.39 is 11.5 Å². The Hall–Kier alpha value is -5.30. The first kappa shape index (κ1) is 33.6. The standard InChI is InChI=1S/C36H37ClN8O4/c37-32-11-6-26(22-40-32)24-45-14-2-5-30(35(45)47)34(46)39-13-1-4-25-20-27-23-41-36(43-33(27)31(21-25)49-17-3-12-38)42-28-7-9-29(10-8-28)44-15-18-48-19-16-44/h1-2,4-11,14,20-23H,3,12-13,15-19,24,38H2,(H,39,46)(H,41,42,43). The Labute approximate surface area is 288 Å². The van der Waals surface area contributed by atoms with Crippen LogP contribution in [0.25, 0.3) is 17.0 Å². The second-order valence-corrected chi connectivity index (χ2v) is 11.8. The summed E-state index contributed by atoms with van der Waals surface area (Å²) >= 11 is 5.86. The van der Waals surface area contributed by atoms with Gasteiger partial charge in [-0.3, -0.25) is 9.59 Å². The van der Waals surface area contributed by atoms with Gasteiger partial charge in [-0.15, -0.1) is 0 Å². The predicted octanol–water partition coefficient (Wildman–Crippen LogP) is 4.64. The number of halogens is 1. The molecule has 2 aromatic carbocycles. The number of carbonyl (C=O) groups is 1. The Bertz CT molecular complexity index is 1980. The maximum Gasteiger partial charge on any atom is 0.263 e. The second kappa shape index (κ2) is 16.2. The normalized spacial score (nSPS) is 13.1. The largest absolute Gasteiger partial charge is 0.491 e. The van der Waals surface area contributed by atoms with Crippen molar-refractivity contribution in [2.45, 2.75) is 13.0 Å². The molecule has 0 aliphatic carbocycles. The van der Waals surface area contributed by atoms with Crippen LogP contribution in [0.4, 0.5) is 17.3 Å². The molecule has 0 atom stereocenters. The maximum absolute atomic E-state index is 13.0. The van der Waals surface area contributed by atoms with Crippen molar-refractivity contribution in [2.24, 2.45) is 5.73 Å². The zero-order chi connectivity index (χ0) is 34.0. The first-order valence-electron chi connectivity index (χ1n) is 16.0. The summed E-state index contributed by atoms with van der Waals surface area (Å²) in [7, 11) is 0. The van der Waals surface area contributed by atoms with Crippen LogP contribution in [0.2, 0.25) is 5.15 Å². The van der Waals surface area contributed by atoms with Crippen molar-refractivity contribution in [1.82, 2.24) is 24.8 Å². The van der Waals surface area contributed by atoms with Crippen LogP contribution in [0.1, 0.15) is 27.9 Å². The number of pyridine rings is 2. The topological polar surface area (TPSA) is 150 Å². The Balaban J connectivity index is 1.12. The monoisotopic (exact) mass is 680 g/mol. The lowest BCUT2D eigenvalue weighted by atomic mass is 10.1. The molecule has 6 rings (SSSR count). The molecule has 1 fully saturated rings. The van der Waals surface area contributed by atoms with Crippen LogP contribution in [-0.4, -0.2) is 71.4 Å². The summed E-state index contributed by atoms with van der Waals surface area (Å²) in [5, 5.41) is 7.26. The van der Waals surface area contributed by atoms with E-state index in [1.54, 1.807) is 42.9 Å². The minimum atomic E-state index is -0.466. The van der Waals surface area contributed by atoms with Crippen molar-refractivity contribution in [3.8, 4) is 5.75 Å². The van der Waals surface area contributed by atoms with Gasteiger partial charge in [-0.2, -0.15) is 0 Å². The third-order valence-corrected chi connectivity index (χ3v) is 8.10. The first-order chi connectivity index (χ1) is 24.0. The van der Waals surface area contributed by atoms with Gasteiger partial charge in [-0.25, -0.2) is 15.0 Å². The fourth-order valence-electron chi connectivity index (χ4n) is 5.35. The van der Waals surface area contributed by atoms with Crippen LogP contribution >= 0.6 is 11.6 Å². The molecule has 3 aromatic heterocycles. The van der Waals surface area contributed by atoms with Gasteiger partial charge in [0, 0.05) is 55.0 Å². The van der Waals surface area contributed by atoms with E-state index in [1.165, 1.54) is 10.6 Å². The number of fused-ring (bicyclic) bond motifs is 1. The lowest BCUT2D eigenvalue weighted by Gasteiger charge is -2.28. The van der Waals surface area contributed by atoms with Gasteiger partial charge in [0.05, 0.1) is 26.4 Å². The lowest BCUT2D eigenvalue weighted by molar-refractivity contribution is 0.0956. The van der Waals surface area contributed by atoms with Gasteiger partial charge in [0.15, 0.2) is 0 Å². The first-order valence-corrected chi connectivity index (χ1v) is 16.4. The number of amides is 1. The number of morpholine rings is 1. The van der Waals surface area contributed by atoms with Crippen LogP contribution in [0.5, 0.6) is 5.75 Å². The molecule has 13 heteroatoms. The Kier molecular flexibility index (Phi) is 11.1. The Morgan fingerprint density at radius 1 is 1.06 bits per heavy atom. The van der Waals surface area contributed by atoms with Crippen LogP contribution in [0.15, 0.2) is 90.1 Å². The molecule has 0 bridgehead atoms. The summed E-state index contributed by atoms with van der Waals surface area (Å²) in [4.78, 5) is 41.6. The van der Waals surface area contributed by atoms with Gasteiger partial charge in [0.25, 0.3) is 11.5 Å². The second-order valence-electron chi connectivity index (χ2n) is 11.4. The minimum Gasteiger partial charge on any atom is -0.491 e. The van der Waals surface area contributed by atoms with Crippen molar-refractivity contribution in [3.05, 3.63) is 118 Å². The van der Waals surface area contributed by atoms with Crippen molar-refractivity contribution < 1.29 is 14.3 Å². The number of carbonyl (C=O) groups excluding carboxylic acids is 1. The summed E-state index contributed by atoms with van der Waals surface area (Å²) in [6, 6.07) is 18.6. The summed E-state index contributed by atoms with van der Waals surface area (Å²) in [6.45, 7) is 4.64. The molecule has 1 aliphatic heterocycles. The van der Waals surface area contributed by atoms with E-state index in [0.717, 1.165) is 54.2 Å². The van der Waals surface area contributed by atoms with E-state index in [-0.39, 0.29) is 18.7 Å². The molecule has 12 nitrogen and oxygen atoms in total. The molecule has 0 unspecified atom stereocenters. The highest BCUT2D eigenvalue weighted by Gasteiger charge is 2.14. The van der Waals surface area contributed by atoms with E-state index >= 15 is 0 Å². The summed E-state index contributed by atoms with van der Waals surface area (Å²) in [5.74, 6) is 0.585. The number of nitrogens with two attached hydrogens (primary N) is 1. The van der Waals surface area contributed by atoms with E-state index in [1.807, 2.05) is 30.3 Å². The zero-order valence-corrected chi connectivity index (χ0v) is 27.6. The molecule has 252 valence electrons. The Morgan fingerprint density at radius 3 is 2.67 bits per heavy atom. The van der Waals surface area contributed by atoms with E-state index in [9.17, 15) is 9.59 Å². The summed E-state index contributed by atoms with van der Waals surface area (Å²) in [5.41, 5.74) is 9.68. The fraction of sp³-hybridized carbons (Fsp3) is 0.250. The number of benzene rings is 2. The fourth-order valence-corrected chi connectivity index (χ4v) is 5.46. The highest BCUT2D eigenvalue weighted by Crippen LogP contribution is 2.29. The molecule has 0 saturated carbocycles. The number of nitrogens with one attached hydrogen (secondary N) is 2. The van der Waals surface area contributed by atoms with Gasteiger partial charge in [0.2, 0.25) is 5.95 Å². The highest BCUT2D eigenvalue weighted by molar-refractivity contribution is 6.29. The molecular weight excluding hydrogens is 644 g/mol. The average Bonchev–Trinajstić information content (AvgIpc) is 3.13. The SMILES string of the molecule is NCCCOc1cc(C=CCNC(=O)c2cccn(Cc3ccc(Cl)nc3)c2=O)cc2cnc(Nc3ccc(N4CCOCC4)cc3)nc12. The van der Waals surface area contributed by atoms with Gasteiger partial charge < -0.3 is 35.3 Å². The van der Waals surface area contributed by atoms with Crippen molar-refractivity contribution in [2.75, 3.05) is 56.2 Å². The number of aromatic nitrogens is 4. The van der Waals surface area contributed by atoms with E-state index in [2.05, 4.69) is 37.6 Å². The summed E-state index contributed by atoms with van der Waals surface area (Å²) in [6.07, 6.45) is 9.35. The van der Waals surface area contributed by atoms with Crippen LogP contribution in [0.3, 0.4) is 0 Å². The van der Waals surface area contributed by atoms with Crippen molar-refractivity contribution >= 4 is 51.8 Å². The molecular formula is C36H37ClN8O4. The van der Waals surface area contributed by atoms with Gasteiger partial charge in [-0.05, 0) is 78.7 Å². The minimum absolute atomic E-state index is 0.0497. The molecule has 0 radical (unpaired) electrons. The number of hydrogen-bond acceptors (Lipinski definition) is 10. The van der Waals surface area contributed by atoms with E-state index in [4.69, 9.17) is 31.8 Å². The molecule has 1 saturated heterocycles. The van der Waals surface area contributed by atoms with Crippen molar-refractivity contribution in [1.29, 1.82) is 0 Å². The van der Waals surface area contributed by atoms with Gasteiger partial charge in [-0.1, -0.05) is 29.8 Å². The average molecular weight is 681 g/mol. The maximum atomic E-state index is 13.0. The quantitative estimate of drug-likeness (QED) is 0.119. The number of ether oxygens (including phenoxy) is 2. The molecule has 1 amide bonds. The zero-order valence-electron chi connectivity index (χ0n) is 26.8. The number of anilines is 3. The smallest absolute Gasteiger partial charge is 0.263 e. The lowest BCUT2D eigenvalue weighted by Crippen LogP contribution is -2.36. The van der Waals surface area contributed by atoms with Crippen LogP contribution in [-0.2, 0) is 11.3 Å². The number of hydrogen-bond donors (Lipinski definition) is 3. The van der Waals surface area contributed by atoms with Gasteiger partial charge in [0.1, 0.15) is 22.0 Å². The van der Waals surface area contributed by atoms with Gasteiger partial charge >= 0.3 is 0 Å². The number of nitrogens with zero attached hydrogens (tertiary/aromatic N) is 5. The highest BCUT2D eigenvalue weighted by atomic mass is 35.5. The molecule has 49 heavy (non-hydrogen) atoms. The predicted molar refractivity (Wildman–Crippen MR) is 192 cm³/mol.